The summed E-state index contributed by atoms with van der Waals surface area (Å²) in [6.07, 6.45) is -1.01. The number of amides is 1. The number of hydrogen-bond acceptors (Lipinski definition) is 6. The first-order chi connectivity index (χ1) is 26.3. The second-order valence-corrected chi connectivity index (χ2v) is 16.4. The Morgan fingerprint density at radius 1 is 0.709 bits per heavy atom. The molecule has 0 aliphatic carbocycles. The van der Waals surface area contributed by atoms with Gasteiger partial charge in [-0.1, -0.05) is 108 Å². The number of ether oxygens (including phenoxy) is 2. The molecule has 7 nitrogen and oxygen atoms in total. The van der Waals surface area contributed by atoms with E-state index < -0.39 is 21.7 Å². The zero-order chi connectivity index (χ0) is 39.1. The number of fused-ring (bicyclic) bond motifs is 2. The van der Waals surface area contributed by atoms with Gasteiger partial charge in [0.25, 0.3) is 10.0 Å². The van der Waals surface area contributed by atoms with E-state index in [4.69, 9.17) is 32.7 Å². The van der Waals surface area contributed by atoms with Crippen molar-refractivity contribution in [2.45, 2.75) is 31.3 Å². The van der Waals surface area contributed by atoms with Crippen LogP contribution in [0.3, 0.4) is 0 Å². The van der Waals surface area contributed by atoms with Crippen molar-refractivity contribution in [3.63, 3.8) is 0 Å². The molecular weight excluding hydrogens is 751 g/mol. The number of sulfonamides is 1. The minimum Gasteiger partial charge on any atom is -0.456 e. The van der Waals surface area contributed by atoms with Crippen molar-refractivity contribution in [1.29, 1.82) is 0 Å². The Balaban J connectivity index is 1.39. The highest BCUT2D eigenvalue weighted by molar-refractivity contribution is 7.89. The van der Waals surface area contributed by atoms with Crippen LogP contribution in [0.5, 0.6) is 11.5 Å². The maximum absolute atomic E-state index is 14.5. The maximum Gasteiger partial charge on any atom is 0.424 e. The molecule has 0 fully saturated rings. The number of halogens is 2. The molecule has 0 saturated heterocycles. The van der Waals surface area contributed by atoms with Crippen molar-refractivity contribution < 1.29 is 22.7 Å². The summed E-state index contributed by atoms with van der Waals surface area (Å²) in [6, 6.07) is 42.6. The van der Waals surface area contributed by atoms with Gasteiger partial charge < -0.3 is 14.4 Å². The van der Waals surface area contributed by atoms with Gasteiger partial charge in [-0.2, -0.15) is 0 Å². The summed E-state index contributed by atoms with van der Waals surface area (Å²) in [5.41, 5.74) is 4.74. The number of hydrogen-bond donors (Lipinski definition) is 0. The lowest BCUT2D eigenvalue weighted by atomic mass is 9.92. The standard InChI is InChI=1S/C45H38Cl2N2O5S/c1-29(33-17-9-11-19-37(33)46)30-23-25-34-40(27-30)53-41-28-32(48(4)39-21-13-12-20-38(39)47)24-26-35(41)43(34)36-18-10-14-22-42(36)55(51,52)49(5)44(50)54-45(2,3)31-15-7-6-8-16-31/h6-28H,1-5H3/b30-29+. The zero-order valence-corrected chi connectivity index (χ0v) is 33.2. The van der Waals surface area contributed by atoms with Gasteiger partial charge >= 0.3 is 6.09 Å². The van der Waals surface area contributed by atoms with E-state index >= 15 is 0 Å². The number of benzene rings is 6. The first-order valence-electron chi connectivity index (χ1n) is 17.6. The lowest BCUT2D eigenvalue weighted by Crippen LogP contribution is -2.38. The number of carbonyl (C=O) groups excluding carboxylic acids is 1. The summed E-state index contributed by atoms with van der Waals surface area (Å²) in [4.78, 5) is 15.5. The Hall–Kier alpha value is -5.54. The molecule has 0 saturated carbocycles. The average Bonchev–Trinajstić information content (AvgIpc) is 3.19. The molecule has 1 heterocycles. The van der Waals surface area contributed by atoms with Gasteiger partial charge in [-0.05, 0) is 91.2 Å². The van der Waals surface area contributed by atoms with Crippen LogP contribution in [-0.2, 0) is 20.4 Å². The molecule has 0 aromatic heterocycles. The lowest BCUT2D eigenvalue weighted by molar-refractivity contribution is 0.0264. The third-order valence-corrected chi connectivity index (χ3v) is 12.3. The average molecular weight is 790 g/mol. The van der Waals surface area contributed by atoms with Crippen LogP contribution in [0.2, 0.25) is 10.0 Å². The van der Waals surface area contributed by atoms with E-state index in [0.29, 0.717) is 47.8 Å². The van der Waals surface area contributed by atoms with Gasteiger partial charge in [0, 0.05) is 52.8 Å². The predicted octanol–water partition coefficient (Wildman–Crippen LogP) is 10.0. The van der Waals surface area contributed by atoms with Crippen molar-refractivity contribution in [1.82, 2.24) is 4.31 Å². The Labute approximate surface area is 331 Å². The normalized spacial score (nSPS) is 12.9. The van der Waals surface area contributed by atoms with E-state index in [0.717, 1.165) is 33.3 Å². The molecule has 278 valence electrons. The van der Waals surface area contributed by atoms with E-state index in [1.165, 1.54) is 13.1 Å². The molecule has 10 heteroatoms. The molecule has 0 atom stereocenters. The molecular formula is C45H38Cl2N2O5S. The number of nitrogens with zero attached hydrogens (tertiary/aromatic N) is 2. The number of anilines is 2. The summed E-state index contributed by atoms with van der Waals surface area (Å²) in [5, 5.41) is 2.76. The van der Waals surface area contributed by atoms with Gasteiger partial charge in [-0.25, -0.2) is 17.5 Å². The molecule has 55 heavy (non-hydrogen) atoms. The highest BCUT2D eigenvalue weighted by atomic mass is 35.5. The maximum atomic E-state index is 14.5. The van der Waals surface area contributed by atoms with Crippen molar-refractivity contribution in [3.8, 4) is 11.5 Å². The SMILES string of the molecule is C/C(c1ccccc1Cl)=c1/ccc2c(c1)Oc1cc(N(C)c3ccccc3Cl)ccc1C=2c1ccccc1S(=O)(=O)N(C)C(=O)OC(C)(C)c1ccccc1. The molecule has 1 amide bonds. The molecule has 6 aromatic rings. The van der Waals surface area contributed by atoms with Gasteiger partial charge in [-0.3, -0.25) is 0 Å². The quantitative estimate of drug-likeness (QED) is 0.153. The van der Waals surface area contributed by atoms with E-state index in [9.17, 15) is 13.2 Å². The zero-order valence-electron chi connectivity index (χ0n) is 30.9. The number of para-hydroxylation sites is 1. The number of carbonyl (C=O) groups is 1. The highest BCUT2D eigenvalue weighted by Gasteiger charge is 2.35. The summed E-state index contributed by atoms with van der Waals surface area (Å²) in [6.45, 7) is 5.44. The van der Waals surface area contributed by atoms with Crippen molar-refractivity contribution in [2.75, 3.05) is 19.0 Å². The van der Waals surface area contributed by atoms with E-state index in [1.807, 2.05) is 134 Å². The topological polar surface area (TPSA) is 76.2 Å². The fourth-order valence-corrected chi connectivity index (χ4v) is 8.49. The molecule has 1 aliphatic heterocycles. The Bertz CT molecular complexity index is 2700. The third kappa shape index (κ3) is 7.21. The van der Waals surface area contributed by atoms with Crippen LogP contribution in [0.15, 0.2) is 144 Å². The molecule has 1 aliphatic rings. The smallest absolute Gasteiger partial charge is 0.424 e. The van der Waals surface area contributed by atoms with E-state index in [1.54, 1.807) is 32.0 Å². The third-order valence-electron chi connectivity index (χ3n) is 9.88. The molecule has 0 unspecified atom stereocenters. The van der Waals surface area contributed by atoms with Crippen molar-refractivity contribution in [2.24, 2.45) is 0 Å². The minimum atomic E-state index is -4.45. The van der Waals surface area contributed by atoms with Gasteiger partial charge in [0.1, 0.15) is 17.1 Å². The first kappa shape index (κ1) is 37.8. The summed E-state index contributed by atoms with van der Waals surface area (Å²) in [5.74, 6) is 1.03. The summed E-state index contributed by atoms with van der Waals surface area (Å²) >= 11 is 13.2. The van der Waals surface area contributed by atoms with Crippen LogP contribution in [0.1, 0.15) is 43.0 Å². The molecule has 0 spiro atoms. The monoisotopic (exact) mass is 788 g/mol. The van der Waals surface area contributed by atoms with Gasteiger partial charge in [-0.15, -0.1) is 0 Å². The fourth-order valence-electron chi connectivity index (χ4n) is 6.72. The van der Waals surface area contributed by atoms with Crippen LogP contribution < -0.4 is 20.1 Å². The van der Waals surface area contributed by atoms with Crippen LogP contribution in [0.25, 0.3) is 11.1 Å². The second kappa shape index (κ2) is 14.9. The molecule has 7 rings (SSSR count). The Morgan fingerprint density at radius 2 is 1.36 bits per heavy atom. The van der Waals surface area contributed by atoms with Gasteiger partial charge in [0.2, 0.25) is 0 Å². The summed E-state index contributed by atoms with van der Waals surface area (Å²) in [7, 11) is -1.32. The van der Waals surface area contributed by atoms with Gasteiger partial charge in [0.15, 0.2) is 0 Å². The molecule has 0 bridgehead atoms. The first-order valence-corrected chi connectivity index (χ1v) is 19.7. The Morgan fingerprint density at radius 3 is 2.09 bits per heavy atom. The van der Waals surface area contributed by atoms with Crippen LogP contribution in [0.4, 0.5) is 16.2 Å². The van der Waals surface area contributed by atoms with Crippen molar-refractivity contribution >= 4 is 61.8 Å². The molecule has 0 radical (unpaired) electrons. The fraction of sp³-hybridized carbons (Fsp3) is 0.133. The molecule has 0 N–H and O–H groups in total. The number of rotatable bonds is 8. The second-order valence-electron chi connectivity index (χ2n) is 13.7. The van der Waals surface area contributed by atoms with Gasteiger partial charge in [0.05, 0.1) is 15.6 Å². The molecule has 6 aromatic carbocycles. The van der Waals surface area contributed by atoms with E-state index in [2.05, 4.69) is 0 Å². The predicted molar refractivity (Wildman–Crippen MR) is 220 cm³/mol. The summed E-state index contributed by atoms with van der Waals surface area (Å²) < 4.78 is 42.1. The lowest BCUT2D eigenvalue weighted by Gasteiger charge is -2.29. The van der Waals surface area contributed by atoms with Crippen molar-refractivity contribution in [3.05, 3.63) is 182 Å². The Kier molecular flexibility index (Phi) is 10.3. The highest BCUT2D eigenvalue weighted by Crippen LogP contribution is 2.42. The van der Waals surface area contributed by atoms with E-state index in [-0.39, 0.29) is 4.90 Å². The largest absolute Gasteiger partial charge is 0.456 e. The van der Waals surface area contributed by atoms with Crippen LogP contribution in [0, 0.1) is 0 Å². The minimum absolute atomic E-state index is 0.0686. The van der Waals surface area contributed by atoms with Crippen LogP contribution in [-0.4, -0.2) is 32.9 Å². The van der Waals surface area contributed by atoms with Crippen LogP contribution >= 0.6 is 23.2 Å².